The summed E-state index contributed by atoms with van der Waals surface area (Å²) in [6.07, 6.45) is 6.56. The maximum Gasteiger partial charge on any atom is 0.225 e. The molecular formula is C20H34IN7O2. The van der Waals surface area contributed by atoms with E-state index in [1.54, 1.807) is 19.4 Å². The van der Waals surface area contributed by atoms with Crippen LogP contribution in [0.15, 0.2) is 23.5 Å². The molecular weight excluding hydrogens is 497 g/mol. The van der Waals surface area contributed by atoms with Gasteiger partial charge >= 0.3 is 0 Å². The zero-order valence-corrected chi connectivity index (χ0v) is 20.3. The Labute approximate surface area is 196 Å². The van der Waals surface area contributed by atoms with Gasteiger partial charge in [0.1, 0.15) is 0 Å². The van der Waals surface area contributed by atoms with Crippen molar-refractivity contribution in [3.8, 4) is 0 Å². The molecule has 10 heteroatoms. The Morgan fingerprint density at radius 1 is 1.27 bits per heavy atom. The predicted octanol–water partition coefficient (Wildman–Crippen LogP) is 1.07. The smallest absolute Gasteiger partial charge is 0.225 e. The van der Waals surface area contributed by atoms with Crippen molar-refractivity contribution in [1.82, 2.24) is 25.1 Å². The summed E-state index contributed by atoms with van der Waals surface area (Å²) in [5, 5.41) is 3.28. The van der Waals surface area contributed by atoms with E-state index in [1.807, 2.05) is 22.9 Å². The standard InChI is InChI=1S/C20H33N7O2.HI/c1-21-19(25(2)14-15-29-16-17-4-5-17)24-9-6-18(28)26-10-12-27(13-11-26)20-22-7-3-8-23-20;/h3,7-8,17H,4-6,9-16H2,1-2H3,(H,21,24);1H. The van der Waals surface area contributed by atoms with Crippen LogP contribution in [0.2, 0.25) is 0 Å². The van der Waals surface area contributed by atoms with Crippen LogP contribution in [0.3, 0.4) is 0 Å². The van der Waals surface area contributed by atoms with Gasteiger partial charge in [0.05, 0.1) is 6.61 Å². The number of hydrogen-bond acceptors (Lipinski definition) is 6. The molecule has 0 atom stereocenters. The Balaban J connectivity index is 0.00000320. The summed E-state index contributed by atoms with van der Waals surface area (Å²) in [6, 6.07) is 1.81. The summed E-state index contributed by atoms with van der Waals surface area (Å²) >= 11 is 0. The quantitative estimate of drug-likeness (QED) is 0.221. The molecule has 1 aliphatic heterocycles. The monoisotopic (exact) mass is 531 g/mol. The minimum Gasteiger partial charge on any atom is -0.379 e. The largest absolute Gasteiger partial charge is 0.379 e. The number of ether oxygens (including phenoxy) is 1. The lowest BCUT2D eigenvalue weighted by Crippen LogP contribution is -2.50. The number of rotatable bonds is 9. The van der Waals surface area contributed by atoms with Gasteiger partial charge in [0, 0.05) is 78.8 Å². The van der Waals surface area contributed by atoms with Crippen molar-refractivity contribution in [1.29, 1.82) is 0 Å². The molecule has 1 aliphatic carbocycles. The first kappa shape index (κ1) is 24.6. The number of carbonyl (C=O) groups excluding carboxylic acids is 1. The molecule has 0 unspecified atom stereocenters. The second kappa shape index (κ2) is 12.9. The van der Waals surface area contributed by atoms with E-state index >= 15 is 0 Å². The van der Waals surface area contributed by atoms with Gasteiger partial charge in [-0.3, -0.25) is 9.79 Å². The summed E-state index contributed by atoms with van der Waals surface area (Å²) in [4.78, 5) is 31.5. The topological polar surface area (TPSA) is 86.2 Å². The molecule has 1 amide bonds. The number of aromatic nitrogens is 2. The highest BCUT2D eigenvalue weighted by atomic mass is 127. The van der Waals surface area contributed by atoms with Gasteiger partial charge < -0.3 is 24.8 Å². The first-order valence-electron chi connectivity index (χ1n) is 10.5. The second-order valence-electron chi connectivity index (χ2n) is 7.58. The number of halogens is 1. The Bertz CT molecular complexity index is 664. The van der Waals surface area contributed by atoms with E-state index < -0.39 is 0 Å². The molecule has 9 nitrogen and oxygen atoms in total. The Morgan fingerprint density at radius 2 is 1.97 bits per heavy atom. The highest BCUT2D eigenvalue weighted by Gasteiger charge is 2.22. The fraction of sp³-hybridized carbons (Fsp3) is 0.700. The van der Waals surface area contributed by atoms with Crippen molar-refractivity contribution in [2.75, 3.05) is 71.5 Å². The average Bonchev–Trinajstić information content (AvgIpc) is 3.59. The summed E-state index contributed by atoms with van der Waals surface area (Å²) < 4.78 is 5.69. The molecule has 2 fully saturated rings. The highest BCUT2D eigenvalue weighted by Crippen LogP contribution is 2.28. The van der Waals surface area contributed by atoms with Crippen molar-refractivity contribution < 1.29 is 9.53 Å². The molecule has 168 valence electrons. The summed E-state index contributed by atoms with van der Waals surface area (Å²) in [5.74, 6) is 2.47. The van der Waals surface area contributed by atoms with Gasteiger partial charge in [-0.15, -0.1) is 24.0 Å². The van der Waals surface area contributed by atoms with Crippen LogP contribution < -0.4 is 10.2 Å². The van der Waals surface area contributed by atoms with Crippen molar-refractivity contribution in [2.24, 2.45) is 10.9 Å². The van der Waals surface area contributed by atoms with Gasteiger partial charge in [0.25, 0.3) is 0 Å². The fourth-order valence-electron chi connectivity index (χ4n) is 3.28. The fourth-order valence-corrected chi connectivity index (χ4v) is 3.28. The molecule has 1 saturated carbocycles. The molecule has 0 radical (unpaired) electrons. The van der Waals surface area contributed by atoms with Crippen molar-refractivity contribution in [2.45, 2.75) is 19.3 Å². The lowest BCUT2D eigenvalue weighted by atomic mass is 10.3. The van der Waals surface area contributed by atoms with E-state index in [-0.39, 0.29) is 29.9 Å². The molecule has 2 aliphatic rings. The number of anilines is 1. The molecule has 3 rings (SSSR count). The van der Waals surface area contributed by atoms with Gasteiger partial charge in [-0.2, -0.15) is 0 Å². The number of hydrogen-bond donors (Lipinski definition) is 1. The van der Waals surface area contributed by atoms with Crippen LogP contribution in [0.1, 0.15) is 19.3 Å². The van der Waals surface area contributed by atoms with Crippen LogP contribution in [0.5, 0.6) is 0 Å². The molecule has 1 aromatic rings. The first-order valence-corrected chi connectivity index (χ1v) is 10.5. The van der Waals surface area contributed by atoms with Gasteiger partial charge in [0.15, 0.2) is 5.96 Å². The van der Waals surface area contributed by atoms with E-state index in [2.05, 4.69) is 25.2 Å². The number of amides is 1. The highest BCUT2D eigenvalue weighted by molar-refractivity contribution is 14.0. The summed E-state index contributed by atoms with van der Waals surface area (Å²) in [7, 11) is 3.75. The number of guanidine groups is 1. The number of likely N-dealkylation sites (N-methyl/N-ethyl adjacent to an activating group) is 1. The molecule has 0 spiro atoms. The van der Waals surface area contributed by atoms with Gasteiger partial charge in [0.2, 0.25) is 11.9 Å². The summed E-state index contributed by atoms with van der Waals surface area (Å²) in [6.45, 7) is 5.84. The van der Waals surface area contributed by atoms with Gasteiger partial charge in [-0.1, -0.05) is 0 Å². The van der Waals surface area contributed by atoms with E-state index in [4.69, 9.17) is 4.74 Å². The van der Waals surface area contributed by atoms with Crippen LogP contribution >= 0.6 is 24.0 Å². The van der Waals surface area contributed by atoms with Crippen LogP contribution in [-0.4, -0.2) is 98.2 Å². The molecule has 2 heterocycles. The SMILES string of the molecule is CN=C(NCCC(=O)N1CCN(c2ncccn2)CC1)N(C)CCOCC1CC1.I. The maximum atomic E-state index is 12.5. The van der Waals surface area contributed by atoms with Gasteiger partial charge in [-0.05, 0) is 24.8 Å². The molecule has 1 saturated heterocycles. The minimum absolute atomic E-state index is 0. The predicted molar refractivity (Wildman–Crippen MR) is 128 cm³/mol. The third-order valence-electron chi connectivity index (χ3n) is 5.28. The third-order valence-corrected chi connectivity index (χ3v) is 5.28. The van der Waals surface area contributed by atoms with Crippen LogP contribution in [0.4, 0.5) is 5.95 Å². The Kier molecular flexibility index (Phi) is 10.6. The molecule has 1 N–H and O–H groups in total. The molecule has 30 heavy (non-hydrogen) atoms. The zero-order chi connectivity index (χ0) is 20.5. The van der Waals surface area contributed by atoms with Crippen LogP contribution in [0.25, 0.3) is 0 Å². The third kappa shape index (κ3) is 7.86. The lowest BCUT2D eigenvalue weighted by Gasteiger charge is -2.34. The number of carbonyl (C=O) groups is 1. The van der Waals surface area contributed by atoms with E-state index in [0.29, 0.717) is 32.7 Å². The lowest BCUT2D eigenvalue weighted by molar-refractivity contribution is -0.131. The first-order chi connectivity index (χ1) is 14.2. The van der Waals surface area contributed by atoms with Crippen molar-refractivity contribution >= 4 is 41.8 Å². The van der Waals surface area contributed by atoms with Crippen molar-refractivity contribution in [3.63, 3.8) is 0 Å². The number of piperazine rings is 1. The molecule has 1 aromatic heterocycles. The number of aliphatic imine (C=N–C) groups is 1. The average molecular weight is 531 g/mol. The van der Waals surface area contributed by atoms with E-state index in [9.17, 15) is 4.79 Å². The van der Waals surface area contributed by atoms with Crippen molar-refractivity contribution in [3.05, 3.63) is 18.5 Å². The van der Waals surface area contributed by atoms with E-state index in [1.165, 1.54) is 12.8 Å². The Morgan fingerprint density at radius 3 is 2.60 bits per heavy atom. The van der Waals surface area contributed by atoms with Crippen LogP contribution in [0, 0.1) is 5.92 Å². The molecule has 0 bridgehead atoms. The summed E-state index contributed by atoms with van der Waals surface area (Å²) in [5.41, 5.74) is 0. The normalized spacial score (nSPS) is 16.8. The van der Waals surface area contributed by atoms with E-state index in [0.717, 1.165) is 44.1 Å². The number of nitrogens with zero attached hydrogens (tertiary/aromatic N) is 6. The van der Waals surface area contributed by atoms with Crippen LogP contribution in [-0.2, 0) is 9.53 Å². The van der Waals surface area contributed by atoms with Gasteiger partial charge in [-0.25, -0.2) is 9.97 Å². The second-order valence-corrected chi connectivity index (χ2v) is 7.58. The zero-order valence-electron chi connectivity index (χ0n) is 18.0. The molecule has 0 aromatic carbocycles. The number of nitrogens with one attached hydrogen (secondary N) is 1. The Hall–Kier alpha value is -1.69. The minimum atomic E-state index is 0. The maximum absolute atomic E-state index is 12.5.